The fourth-order valence-electron chi connectivity index (χ4n) is 2.06. The summed E-state index contributed by atoms with van der Waals surface area (Å²) in [6.07, 6.45) is 0. The second-order valence-corrected chi connectivity index (χ2v) is 4.53. The zero-order valence-electron chi connectivity index (χ0n) is 10.8. The highest BCUT2D eigenvalue weighted by Gasteiger charge is 2.12. The zero-order chi connectivity index (χ0) is 14.1. The molecule has 0 saturated heterocycles. The summed E-state index contributed by atoms with van der Waals surface area (Å²) >= 11 is 0. The normalized spacial score (nSPS) is 10.7. The monoisotopic (exact) mass is 269 g/mol. The average molecular weight is 269 g/mol. The van der Waals surface area contributed by atoms with Crippen molar-refractivity contribution < 1.29 is 4.39 Å². The van der Waals surface area contributed by atoms with E-state index >= 15 is 0 Å². The van der Waals surface area contributed by atoms with E-state index in [0.29, 0.717) is 17.2 Å². The van der Waals surface area contributed by atoms with Gasteiger partial charge in [0.25, 0.3) is 0 Å². The molecule has 0 aliphatic rings. The van der Waals surface area contributed by atoms with Crippen LogP contribution in [0.25, 0.3) is 17.1 Å². The van der Waals surface area contributed by atoms with Crippen LogP contribution in [0.1, 0.15) is 5.56 Å². The first kappa shape index (κ1) is 12.3. The van der Waals surface area contributed by atoms with Crippen LogP contribution < -0.4 is 5.73 Å². The number of benzene rings is 2. The van der Waals surface area contributed by atoms with Gasteiger partial charge in [-0.1, -0.05) is 12.1 Å². The molecule has 1 aromatic heterocycles. The van der Waals surface area contributed by atoms with Crippen LogP contribution in [0.3, 0.4) is 0 Å². The number of rotatable bonds is 2. The minimum absolute atomic E-state index is 0.325. The molecule has 3 rings (SSSR count). The zero-order valence-corrected chi connectivity index (χ0v) is 10.8. The maximum atomic E-state index is 13.5. The molecule has 0 radical (unpaired) electrons. The Kier molecular flexibility index (Phi) is 2.90. The number of halogens is 1. The van der Waals surface area contributed by atoms with Crippen molar-refractivity contribution in [3.05, 3.63) is 53.8 Å². The number of anilines is 1. The summed E-state index contributed by atoms with van der Waals surface area (Å²) in [5.41, 5.74) is 8.53. The Hall–Kier alpha value is -2.76. The predicted octanol–water partition coefficient (Wildman–Crippen LogP) is 2.36. The molecule has 20 heavy (non-hydrogen) atoms. The van der Waals surface area contributed by atoms with E-state index in [4.69, 9.17) is 5.73 Å². The van der Waals surface area contributed by atoms with E-state index in [9.17, 15) is 4.39 Å². The molecule has 0 amide bonds. The van der Waals surface area contributed by atoms with Crippen molar-refractivity contribution in [2.24, 2.45) is 0 Å². The van der Waals surface area contributed by atoms with Gasteiger partial charge in [0.1, 0.15) is 5.82 Å². The molecular weight excluding hydrogens is 257 g/mol. The van der Waals surface area contributed by atoms with E-state index in [0.717, 1.165) is 11.1 Å². The second kappa shape index (κ2) is 4.73. The number of hydrogen-bond acceptors (Lipinski definition) is 4. The molecule has 1 heterocycles. The number of nitrogens with two attached hydrogens (primary N) is 1. The highest BCUT2D eigenvalue weighted by Crippen LogP contribution is 2.22. The first-order chi connectivity index (χ1) is 9.63. The maximum Gasteiger partial charge on any atom is 0.187 e. The van der Waals surface area contributed by atoms with Crippen molar-refractivity contribution in [1.29, 1.82) is 0 Å². The van der Waals surface area contributed by atoms with E-state index in [1.165, 1.54) is 16.8 Å². The second-order valence-electron chi connectivity index (χ2n) is 4.53. The molecule has 0 unspecified atom stereocenters. The van der Waals surface area contributed by atoms with Crippen molar-refractivity contribution in [3.63, 3.8) is 0 Å². The van der Waals surface area contributed by atoms with Crippen LogP contribution in [0.2, 0.25) is 0 Å². The van der Waals surface area contributed by atoms with Gasteiger partial charge in [0.2, 0.25) is 0 Å². The Balaban J connectivity index is 2.15. The van der Waals surface area contributed by atoms with Crippen molar-refractivity contribution in [1.82, 2.24) is 20.2 Å². The van der Waals surface area contributed by atoms with E-state index in [-0.39, 0.29) is 5.82 Å². The minimum atomic E-state index is -0.325. The van der Waals surface area contributed by atoms with Gasteiger partial charge in [-0.05, 0) is 53.2 Å². The fraction of sp³-hybridized carbons (Fsp3) is 0.0714. The van der Waals surface area contributed by atoms with E-state index in [1.807, 2.05) is 25.1 Å². The van der Waals surface area contributed by atoms with Crippen LogP contribution in [0, 0.1) is 12.7 Å². The van der Waals surface area contributed by atoms with Crippen molar-refractivity contribution in [2.45, 2.75) is 6.92 Å². The fourth-order valence-corrected chi connectivity index (χ4v) is 2.06. The molecule has 0 fully saturated rings. The number of aryl methyl sites for hydroxylation is 1. The van der Waals surface area contributed by atoms with Crippen molar-refractivity contribution in [2.75, 3.05) is 5.73 Å². The lowest BCUT2D eigenvalue weighted by Crippen LogP contribution is -2.01. The lowest BCUT2D eigenvalue weighted by Gasteiger charge is -2.06. The van der Waals surface area contributed by atoms with Gasteiger partial charge in [0, 0.05) is 11.3 Å². The Morgan fingerprint density at radius 1 is 1.15 bits per heavy atom. The Morgan fingerprint density at radius 2 is 2.00 bits per heavy atom. The van der Waals surface area contributed by atoms with Crippen LogP contribution in [-0.4, -0.2) is 20.2 Å². The highest BCUT2D eigenvalue weighted by atomic mass is 19.1. The summed E-state index contributed by atoms with van der Waals surface area (Å²) in [4.78, 5) is 0. The van der Waals surface area contributed by atoms with Gasteiger partial charge in [-0.3, -0.25) is 0 Å². The minimum Gasteiger partial charge on any atom is -0.399 e. The van der Waals surface area contributed by atoms with Gasteiger partial charge < -0.3 is 5.73 Å². The third-order valence-electron chi connectivity index (χ3n) is 2.89. The van der Waals surface area contributed by atoms with Crippen molar-refractivity contribution >= 4 is 5.69 Å². The van der Waals surface area contributed by atoms with Gasteiger partial charge >= 0.3 is 0 Å². The van der Waals surface area contributed by atoms with Gasteiger partial charge in [-0.2, -0.15) is 4.68 Å². The SMILES string of the molecule is Cc1cc(F)cc(-n2nnnc2-c2cccc(N)c2)c1. The number of nitrogens with zero attached hydrogens (tertiary/aromatic N) is 4. The molecular formula is C14H12FN5. The summed E-state index contributed by atoms with van der Waals surface area (Å²) in [5, 5.41) is 11.6. The molecule has 5 nitrogen and oxygen atoms in total. The topological polar surface area (TPSA) is 69.6 Å². The molecule has 0 aliphatic carbocycles. The predicted molar refractivity (Wildman–Crippen MR) is 73.7 cm³/mol. The third kappa shape index (κ3) is 2.23. The first-order valence-electron chi connectivity index (χ1n) is 6.05. The largest absolute Gasteiger partial charge is 0.399 e. The molecule has 3 aromatic rings. The molecule has 0 aliphatic heterocycles. The summed E-state index contributed by atoms with van der Waals surface area (Å²) < 4.78 is 15.0. The lowest BCUT2D eigenvalue weighted by molar-refractivity contribution is 0.623. The molecule has 6 heteroatoms. The van der Waals surface area contributed by atoms with Gasteiger partial charge in [0.15, 0.2) is 5.82 Å². The average Bonchev–Trinajstić information content (AvgIpc) is 2.86. The Morgan fingerprint density at radius 3 is 2.75 bits per heavy atom. The van der Waals surface area contributed by atoms with E-state index in [1.54, 1.807) is 12.1 Å². The quantitative estimate of drug-likeness (QED) is 0.725. The van der Waals surface area contributed by atoms with E-state index in [2.05, 4.69) is 15.5 Å². The first-order valence-corrected chi connectivity index (χ1v) is 6.05. The standard InChI is InChI=1S/C14H12FN5/c1-9-5-11(15)8-13(6-9)20-14(17-18-19-20)10-3-2-4-12(16)7-10/h2-8H,16H2,1H3. The van der Waals surface area contributed by atoms with Gasteiger partial charge in [0.05, 0.1) is 5.69 Å². The third-order valence-corrected chi connectivity index (χ3v) is 2.89. The summed E-state index contributed by atoms with van der Waals surface area (Å²) in [6.45, 7) is 1.82. The molecule has 0 spiro atoms. The van der Waals surface area contributed by atoms with Gasteiger partial charge in [-0.15, -0.1) is 5.10 Å². The molecule has 0 bridgehead atoms. The number of nitrogen functional groups attached to an aromatic ring is 1. The van der Waals surface area contributed by atoms with Crippen LogP contribution in [0.5, 0.6) is 0 Å². The van der Waals surface area contributed by atoms with Crippen molar-refractivity contribution in [3.8, 4) is 17.1 Å². The molecule has 2 N–H and O–H groups in total. The summed E-state index contributed by atoms with van der Waals surface area (Å²) in [6, 6.07) is 11.9. The summed E-state index contributed by atoms with van der Waals surface area (Å²) in [7, 11) is 0. The highest BCUT2D eigenvalue weighted by molar-refractivity contribution is 5.62. The maximum absolute atomic E-state index is 13.5. The van der Waals surface area contributed by atoms with Gasteiger partial charge in [-0.25, -0.2) is 4.39 Å². The van der Waals surface area contributed by atoms with Crippen LogP contribution >= 0.6 is 0 Å². The molecule has 0 saturated carbocycles. The van der Waals surface area contributed by atoms with Crippen LogP contribution in [-0.2, 0) is 0 Å². The Bertz CT molecular complexity index is 746. The van der Waals surface area contributed by atoms with E-state index < -0.39 is 0 Å². The number of hydrogen-bond donors (Lipinski definition) is 1. The molecule has 2 aromatic carbocycles. The Labute approximate surface area is 114 Å². The smallest absolute Gasteiger partial charge is 0.187 e. The van der Waals surface area contributed by atoms with Crippen LogP contribution in [0.4, 0.5) is 10.1 Å². The summed E-state index contributed by atoms with van der Waals surface area (Å²) in [5.74, 6) is 0.191. The van der Waals surface area contributed by atoms with Crippen LogP contribution in [0.15, 0.2) is 42.5 Å². The lowest BCUT2D eigenvalue weighted by atomic mass is 10.1. The number of aromatic nitrogens is 4. The number of tetrazole rings is 1. The molecule has 0 atom stereocenters. The molecule has 100 valence electrons.